The predicted octanol–water partition coefficient (Wildman–Crippen LogP) is 3.47. The summed E-state index contributed by atoms with van der Waals surface area (Å²) in [6, 6.07) is 14.7. The van der Waals surface area contributed by atoms with Crippen molar-refractivity contribution in [2.45, 2.75) is 30.5 Å². The molecule has 0 bridgehead atoms. The minimum atomic E-state index is 0.118. The van der Waals surface area contributed by atoms with Crippen LogP contribution in [0.25, 0.3) is 0 Å². The molecular formula is C18H20N2OS. The normalized spacial score (nSPS) is 13.8. The van der Waals surface area contributed by atoms with Crippen molar-refractivity contribution in [1.82, 2.24) is 4.90 Å². The van der Waals surface area contributed by atoms with E-state index in [2.05, 4.69) is 36.4 Å². The second kappa shape index (κ2) is 6.44. The van der Waals surface area contributed by atoms with Crippen LogP contribution in [0.2, 0.25) is 0 Å². The monoisotopic (exact) mass is 312 g/mol. The molecule has 1 heterocycles. The number of nitrogens with two attached hydrogens (primary N) is 1. The summed E-state index contributed by atoms with van der Waals surface area (Å²) in [7, 11) is 0. The number of carbonyl (C=O) groups excluding carboxylic acids is 1. The van der Waals surface area contributed by atoms with E-state index < -0.39 is 0 Å². The van der Waals surface area contributed by atoms with E-state index in [1.54, 1.807) is 18.7 Å². The number of thioether (sulfide) groups is 1. The van der Waals surface area contributed by atoms with Crippen molar-refractivity contribution in [3.05, 3.63) is 59.2 Å². The van der Waals surface area contributed by atoms with Gasteiger partial charge in [0.25, 0.3) is 0 Å². The van der Waals surface area contributed by atoms with Crippen LogP contribution in [0.15, 0.2) is 47.4 Å². The molecule has 1 aliphatic heterocycles. The van der Waals surface area contributed by atoms with Gasteiger partial charge in [0.1, 0.15) is 0 Å². The van der Waals surface area contributed by atoms with Crippen LogP contribution in [0.3, 0.4) is 0 Å². The Kier molecular flexibility index (Phi) is 4.39. The second-order valence-electron chi connectivity index (χ2n) is 5.58. The van der Waals surface area contributed by atoms with Gasteiger partial charge < -0.3 is 10.6 Å². The summed E-state index contributed by atoms with van der Waals surface area (Å²) in [4.78, 5) is 14.6. The van der Waals surface area contributed by atoms with Gasteiger partial charge in [0.05, 0.1) is 5.69 Å². The molecule has 0 unspecified atom stereocenters. The molecule has 0 radical (unpaired) electrons. The summed E-state index contributed by atoms with van der Waals surface area (Å²) >= 11 is 1.75. The van der Waals surface area contributed by atoms with Crippen LogP contribution in [0, 0.1) is 0 Å². The van der Waals surface area contributed by atoms with E-state index in [4.69, 9.17) is 5.73 Å². The van der Waals surface area contributed by atoms with Gasteiger partial charge in [0, 0.05) is 30.7 Å². The lowest BCUT2D eigenvalue weighted by molar-refractivity contribution is -0.129. The van der Waals surface area contributed by atoms with Gasteiger partial charge in [-0.3, -0.25) is 4.79 Å². The second-order valence-corrected chi connectivity index (χ2v) is 6.60. The molecule has 3 nitrogen and oxygen atoms in total. The van der Waals surface area contributed by atoms with Gasteiger partial charge in [-0.15, -0.1) is 11.8 Å². The topological polar surface area (TPSA) is 46.3 Å². The molecule has 4 heteroatoms. The SMILES string of the molecule is CC(=O)N1CCc2ccc(SCc3ccccc3)c(N)c2C1. The van der Waals surface area contributed by atoms with Crippen LogP contribution in [0.5, 0.6) is 0 Å². The summed E-state index contributed by atoms with van der Waals surface area (Å²) in [6.07, 6.45) is 0.892. The van der Waals surface area contributed by atoms with E-state index in [-0.39, 0.29) is 5.91 Å². The lowest BCUT2D eigenvalue weighted by Gasteiger charge is -2.29. The van der Waals surface area contributed by atoms with E-state index in [0.717, 1.165) is 34.9 Å². The lowest BCUT2D eigenvalue weighted by Crippen LogP contribution is -2.34. The van der Waals surface area contributed by atoms with Crippen LogP contribution in [0.1, 0.15) is 23.6 Å². The Morgan fingerprint density at radius 3 is 2.73 bits per heavy atom. The zero-order chi connectivity index (χ0) is 15.5. The number of anilines is 1. The first-order valence-corrected chi connectivity index (χ1v) is 8.46. The average Bonchev–Trinajstić information content (AvgIpc) is 2.55. The molecule has 0 saturated carbocycles. The average molecular weight is 312 g/mol. The van der Waals surface area contributed by atoms with Gasteiger partial charge in [-0.25, -0.2) is 0 Å². The number of fused-ring (bicyclic) bond motifs is 1. The zero-order valence-electron chi connectivity index (χ0n) is 12.7. The van der Waals surface area contributed by atoms with Crippen molar-refractivity contribution >= 4 is 23.4 Å². The number of rotatable bonds is 3. The van der Waals surface area contributed by atoms with Crippen LogP contribution in [-0.2, 0) is 23.5 Å². The van der Waals surface area contributed by atoms with E-state index in [1.165, 1.54) is 11.1 Å². The van der Waals surface area contributed by atoms with Crippen molar-refractivity contribution in [3.8, 4) is 0 Å². The highest BCUT2D eigenvalue weighted by molar-refractivity contribution is 7.98. The molecule has 0 saturated heterocycles. The van der Waals surface area contributed by atoms with Gasteiger partial charge >= 0.3 is 0 Å². The number of hydrogen-bond acceptors (Lipinski definition) is 3. The third-order valence-electron chi connectivity index (χ3n) is 4.10. The van der Waals surface area contributed by atoms with Crippen molar-refractivity contribution in [3.63, 3.8) is 0 Å². The van der Waals surface area contributed by atoms with Crippen molar-refractivity contribution in [2.75, 3.05) is 12.3 Å². The minimum absolute atomic E-state index is 0.118. The Bertz CT molecular complexity index is 685. The third-order valence-corrected chi connectivity index (χ3v) is 5.24. The highest BCUT2D eigenvalue weighted by Crippen LogP contribution is 2.34. The van der Waals surface area contributed by atoms with Gasteiger partial charge in [0.2, 0.25) is 5.91 Å². The zero-order valence-corrected chi connectivity index (χ0v) is 13.5. The number of amides is 1. The molecule has 0 atom stereocenters. The van der Waals surface area contributed by atoms with Crippen LogP contribution >= 0.6 is 11.8 Å². The first kappa shape index (κ1) is 15.0. The molecule has 0 aliphatic carbocycles. The largest absolute Gasteiger partial charge is 0.398 e. The molecule has 2 aromatic carbocycles. The number of carbonyl (C=O) groups is 1. The fourth-order valence-corrected chi connectivity index (χ4v) is 3.72. The first-order chi connectivity index (χ1) is 10.6. The molecule has 0 fully saturated rings. The number of nitrogens with zero attached hydrogens (tertiary/aromatic N) is 1. The first-order valence-electron chi connectivity index (χ1n) is 7.47. The molecule has 2 N–H and O–H groups in total. The third kappa shape index (κ3) is 3.12. The van der Waals surface area contributed by atoms with Gasteiger partial charge in [-0.2, -0.15) is 0 Å². The smallest absolute Gasteiger partial charge is 0.219 e. The fourth-order valence-electron chi connectivity index (χ4n) is 2.76. The summed E-state index contributed by atoms with van der Waals surface area (Å²) < 4.78 is 0. The van der Waals surface area contributed by atoms with Gasteiger partial charge in [-0.05, 0) is 29.2 Å². The number of nitrogen functional groups attached to an aromatic ring is 1. The Balaban J connectivity index is 1.79. The molecule has 3 rings (SSSR count). The maximum Gasteiger partial charge on any atom is 0.219 e. The van der Waals surface area contributed by atoms with Crippen LogP contribution < -0.4 is 5.73 Å². The molecule has 114 valence electrons. The van der Waals surface area contributed by atoms with Crippen molar-refractivity contribution in [1.29, 1.82) is 0 Å². The summed E-state index contributed by atoms with van der Waals surface area (Å²) in [6.45, 7) is 3.05. The highest BCUT2D eigenvalue weighted by atomic mass is 32.2. The van der Waals surface area contributed by atoms with Crippen LogP contribution in [0.4, 0.5) is 5.69 Å². The maximum absolute atomic E-state index is 11.6. The molecule has 1 amide bonds. The molecule has 0 spiro atoms. The summed E-state index contributed by atoms with van der Waals surface area (Å²) in [5, 5.41) is 0. The summed E-state index contributed by atoms with van der Waals surface area (Å²) in [5.74, 6) is 1.02. The predicted molar refractivity (Wildman–Crippen MR) is 91.7 cm³/mol. The van der Waals surface area contributed by atoms with Crippen molar-refractivity contribution < 1.29 is 4.79 Å². The van der Waals surface area contributed by atoms with E-state index in [0.29, 0.717) is 6.54 Å². The van der Waals surface area contributed by atoms with Crippen LogP contribution in [-0.4, -0.2) is 17.4 Å². The standard InChI is InChI=1S/C18H20N2OS/c1-13(21)20-10-9-15-7-8-17(18(19)16(15)11-20)22-12-14-5-3-2-4-6-14/h2-8H,9-12,19H2,1H3. The van der Waals surface area contributed by atoms with Gasteiger partial charge in [0.15, 0.2) is 0 Å². The molecular weight excluding hydrogens is 292 g/mol. The van der Waals surface area contributed by atoms with E-state index in [1.807, 2.05) is 11.0 Å². The molecule has 22 heavy (non-hydrogen) atoms. The maximum atomic E-state index is 11.6. The summed E-state index contributed by atoms with van der Waals surface area (Å²) in [5.41, 5.74) is 10.9. The Labute approximate surface area is 135 Å². The van der Waals surface area contributed by atoms with Crippen molar-refractivity contribution in [2.24, 2.45) is 0 Å². The lowest BCUT2D eigenvalue weighted by atomic mass is 9.98. The molecule has 2 aromatic rings. The number of benzene rings is 2. The minimum Gasteiger partial charge on any atom is -0.398 e. The van der Waals surface area contributed by atoms with E-state index >= 15 is 0 Å². The fraction of sp³-hybridized carbons (Fsp3) is 0.278. The van der Waals surface area contributed by atoms with Gasteiger partial charge in [-0.1, -0.05) is 36.4 Å². The highest BCUT2D eigenvalue weighted by Gasteiger charge is 2.21. The number of hydrogen-bond donors (Lipinski definition) is 1. The van der Waals surface area contributed by atoms with E-state index in [9.17, 15) is 4.79 Å². The Morgan fingerprint density at radius 2 is 2.00 bits per heavy atom. The quantitative estimate of drug-likeness (QED) is 0.697. The molecule has 1 aliphatic rings. The molecule has 0 aromatic heterocycles. The Hall–Kier alpha value is -1.94. The Morgan fingerprint density at radius 1 is 1.23 bits per heavy atom.